The molecule has 0 amide bonds. The van der Waals surface area contributed by atoms with E-state index in [0.717, 1.165) is 22.5 Å². The molecule has 1 aliphatic heterocycles. The quantitative estimate of drug-likeness (QED) is 0.823. The van der Waals surface area contributed by atoms with E-state index in [-0.39, 0.29) is 17.2 Å². The minimum absolute atomic E-state index is 0.0980. The third kappa shape index (κ3) is 2.88. The van der Waals surface area contributed by atoms with Crippen LogP contribution < -0.4 is 0 Å². The molecule has 1 aromatic carbocycles. The summed E-state index contributed by atoms with van der Waals surface area (Å²) >= 11 is 0. The molecule has 0 radical (unpaired) electrons. The van der Waals surface area contributed by atoms with Gasteiger partial charge in [0.25, 0.3) is 0 Å². The molecule has 1 saturated heterocycles. The lowest BCUT2D eigenvalue weighted by Gasteiger charge is -2.35. The van der Waals surface area contributed by atoms with Crippen molar-refractivity contribution in [2.24, 2.45) is 7.05 Å². The molecule has 2 aromatic rings. The van der Waals surface area contributed by atoms with E-state index >= 15 is 0 Å². The van der Waals surface area contributed by atoms with Gasteiger partial charge in [0.05, 0.1) is 30.2 Å². The van der Waals surface area contributed by atoms with Crippen molar-refractivity contribution in [3.8, 4) is 0 Å². The lowest BCUT2D eigenvalue weighted by molar-refractivity contribution is 0.0315. The van der Waals surface area contributed by atoms with Crippen molar-refractivity contribution in [3.63, 3.8) is 0 Å². The predicted octanol–water partition coefficient (Wildman–Crippen LogP) is 2.30. The van der Waals surface area contributed by atoms with Gasteiger partial charge in [-0.3, -0.25) is 4.68 Å². The van der Waals surface area contributed by atoms with E-state index in [1.807, 2.05) is 55.9 Å². The molecule has 1 unspecified atom stereocenters. The van der Waals surface area contributed by atoms with Crippen LogP contribution in [0.25, 0.3) is 0 Å². The molecule has 0 bridgehead atoms. The van der Waals surface area contributed by atoms with E-state index in [0.29, 0.717) is 26.2 Å². The summed E-state index contributed by atoms with van der Waals surface area (Å²) in [6.07, 6.45) is 0.696. The lowest BCUT2D eigenvalue weighted by atomic mass is 10.0. The number of rotatable bonds is 4. The predicted molar refractivity (Wildman–Crippen MR) is 99.5 cm³/mol. The molecule has 1 aliphatic carbocycles. The van der Waals surface area contributed by atoms with Crippen LogP contribution in [0.4, 0.5) is 0 Å². The van der Waals surface area contributed by atoms with Gasteiger partial charge in [0.1, 0.15) is 0 Å². The fraction of sp³-hybridized carbons (Fsp3) is 0.526. The summed E-state index contributed by atoms with van der Waals surface area (Å²) < 4.78 is 35.9. The second-order valence-electron chi connectivity index (χ2n) is 7.25. The Morgan fingerprint density at radius 3 is 2.58 bits per heavy atom. The molecule has 2 heterocycles. The summed E-state index contributed by atoms with van der Waals surface area (Å²) in [5.74, 6) is 0.0980. The third-order valence-corrected chi connectivity index (χ3v) is 8.02. The molecule has 26 heavy (non-hydrogen) atoms. The first kappa shape index (κ1) is 17.7. The number of sulfonamides is 1. The number of hydrogen-bond acceptors (Lipinski definition) is 4. The smallest absolute Gasteiger partial charge is 0.218 e. The first-order chi connectivity index (χ1) is 12.4. The van der Waals surface area contributed by atoms with Gasteiger partial charge in [-0.05, 0) is 25.8 Å². The molecule has 3 atom stereocenters. The molecule has 6 nitrogen and oxygen atoms in total. The standard InChI is InChI=1S/C19H25N3O3S/c1-13-19(14(2)21(3)20-13)17-12-25-10-9-22(17)26(23,24)18-11-16(18)15-7-5-4-6-8-15/h4-8,16-18H,9-12H2,1-3H3/t16-,17?,18+/m0/s1. The summed E-state index contributed by atoms with van der Waals surface area (Å²) in [6, 6.07) is 9.65. The van der Waals surface area contributed by atoms with Crippen molar-refractivity contribution in [2.75, 3.05) is 19.8 Å². The van der Waals surface area contributed by atoms with Crippen LogP contribution in [-0.4, -0.2) is 47.5 Å². The minimum Gasteiger partial charge on any atom is -0.378 e. The second kappa shape index (κ2) is 6.48. The third-order valence-electron chi connectivity index (χ3n) is 5.65. The van der Waals surface area contributed by atoms with E-state index in [1.165, 1.54) is 0 Å². The Hall–Kier alpha value is -1.70. The van der Waals surface area contributed by atoms with Crippen LogP contribution in [0.3, 0.4) is 0 Å². The Balaban J connectivity index is 1.64. The molecule has 7 heteroatoms. The Labute approximate surface area is 154 Å². The van der Waals surface area contributed by atoms with Gasteiger partial charge in [0, 0.05) is 30.8 Å². The van der Waals surface area contributed by atoms with Crippen LogP contribution in [0.1, 0.15) is 40.9 Å². The highest BCUT2D eigenvalue weighted by molar-refractivity contribution is 7.90. The van der Waals surface area contributed by atoms with Crippen molar-refractivity contribution in [3.05, 3.63) is 52.8 Å². The second-order valence-corrected chi connectivity index (χ2v) is 9.35. The Morgan fingerprint density at radius 2 is 1.92 bits per heavy atom. The molecule has 4 rings (SSSR count). The van der Waals surface area contributed by atoms with Gasteiger partial charge >= 0.3 is 0 Å². The molecular formula is C19H25N3O3S. The maximum atomic E-state index is 13.4. The Morgan fingerprint density at radius 1 is 1.19 bits per heavy atom. The fourth-order valence-electron chi connectivity index (χ4n) is 4.12. The molecule has 1 aromatic heterocycles. The number of ether oxygens (including phenoxy) is 1. The Bertz CT molecular complexity index is 908. The van der Waals surface area contributed by atoms with Crippen LogP contribution in [-0.2, 0) is 21.8 Å². The van der Waals surface area contributed by atoms with Crippen molar-refractivity contribution in [1.82, 2.24) is 14.1 Å². The van der Waals surface area contributed by atoms with E-state index in [9.17, 15) is 8.42 Å². The van der Waals surface area contributed by atoms with Gasteiger partial charge in [-0.2, -0.15) is 9.40 Å². The Kier molecular flexibility index (Phi) is 4.41. The summed E-state index contributed by atoms with van der Waals surface area (Å²) in [6.45, 7) is 5.15. The number of aromatic nitrogens is 2. The molecule has 1 saturated carbocycles. The van der Waals surface area contributed by atoms with Gasteiger partial charge in [-0.1, -0.05) is 30.3 Å². The van der Waals surface area contributed by atoms with E-state index < -0.39 is 10.0 Å². The zero-order valence-electron chi connectivity index (χ0n) is 15.4. The maximum Gasteiger partial charge on any atom is 0.218 e. The van der Waals surface area contributed by atoms with Gasteiger partial charge < -0.3 is 4.74 Å². The number of morpholine rings is 1. The van der Waals surface area contributed by atoms with Crippen LogP contribution in [0, 0.1) is 13.8 Å². The summed E-state index contributed by atoms with van der Waals surface area (Å²) in [7, 11) is -1.50. The zero-order chi connectivity index (χ0) is 18.5. The van der Waals surface area contributed by atoms with Gasteiger partial charge in [-0.15, -0.1) is 0 Å². The molecule has 0 N–H and O–H groups in total. The van der Waals surface area contributed by atoms with Gasteiger partial charge in [0.15, 0.2) is 0 Å². The lowest BCUT2D eigenvalue weighted by Crippen LogP contribution is -2.45. The van der Waals surface area contributed by atoms with Crippen molar-refractivity contribution >= 4 is 10.0 Å². The number of hydrogen-bond donors (Lipinski definition) is 0. The summed E-state index contributed by atoms with van der Waals surface area (Å²) in [4.78, 5) is 0. The highest BCUT2D eigenvalue weighted by Crippen LogP contribution is 2.48. The topological polar surface area (TPSA) is 64.4 Å². The van der Waals surface area contributed by atoms with E-state index in [4.69, 9.17) is 4.74 Å². The SMILES string of the molecule is Cc1nn(C)c(C)c1C1COCCN1S(=O)(=O)[C@@H]1C[C@H]1c1ccccc1. The molecule has 2 fully saturated rings. The van der Waals surface area contributed by atoms with Crippen molar-refractivity contribution in [2.45, 2.75) is 37.5 Å². The van der Waals surface area contributed by atoms with E-state index in [1.54, 1.807) is 4.31 Å². The van der Waals surface area contributed by atoms with Crippen molar-refractivity contribution < 1.29 is 13.2 Å². The number of benzene rings is 1. The average molecular weight is 375 g/mol. The highest BCUT2D eigenvalue weighted by atomic mass is 32.2. The first-order valence-corrected chi connectivity index (χ1v) is 10.5. The maximum absolute atomic E-state index is 13.4. The van der Waals surface area contributed by atoms with Crippen LogP contribution in [0.15, 0.2) is 30.3 Å². The summed E-state index contributed by atoms with van der Waals surface area (Å²) in [5.41, 5.74) is 3.96. The highest BCUT2D eigenvalue weighted by Gasteiger charge is 2.52. The average Bonchev–Trinajstić information content (AvgIpc) is 3.40. The summed E-state index contributed by atoms with van der Waals surface area (Å²) in [5, 5.41) is 4.13. The van der Waals surface area contributed by atoms with Gasteiger partial charge in [-0.25, -0.2) is 8.42 Å². The number of aryl methyl sites for hydroxylation is 2. The van der Waals surface area contributed by atoms with Crippen LogP contribution in [0.2, 0.25) is 0 Å². The van der Waals surface area contributed by atoms with Crippen LogP contribution in [0.5, 0.6) is 0 Å². The normalized spacial score (nSPS) is 26.8. The molecule has 2 aliphatic rings. The molecule has 0 spiro atoms. The fourth-order valence-corrected chi connectivity index (χ4v) is 6.34. The molecule has 140 valence electrons. The zero-order valence-corrected chi connectivity index (χ0v) is 16.2. The minimum atomic E-state index is -3.39. The van der Waals surface area contributed by atoms with Crippen molar-refractivity contribution in [1.29, 1.82) is 0 Å². The van der Waals surface area contributed by atoms with E-state index in [2.05, 4.69) is 5.10 Å². The molecular weight excluding hydrogens is 350 g/mol. The number of nitrogens with zero attached hydrogens (tertiary/aromatic N) is 3. The monoisotopic (exact) mass is 375 g/mol. The van der Waals surface area contributed by atoms with Crippen LogP contribution >= 0.6 is 0 Å². The largest absolute Gasteiger partial charge is 0.378 e. The van der Waals surface area contributed by atoms with Gasteiger partial charge in [0.2, 0.25) is 10.0 Å². The first-order valence-electron chi connectivity index (χ1n) is 9.04.